The van der Waals surface area contributed by atoms with Gasteiger partial charge >= 0.3 is 0 Å². The smallest absolute Gasteiger partial charge is 0.237 e. The molecule has 2 atom stereocenters. The number of nitriles is 1. The number of hydrogen-bond acceptors (Lipinski definition) is 3. The van der Waals surface area contributed by atoms with Crippen molar-refractivity contribution in [2.24, 2.45) is 0 Å². The highest BCUT2D eigenvalue weighted by Crippen LogP contribution is 2.05. The molecule has 0 aliphatic heterocycles. The minimum Gasteiger partial charge on any atom is -0.351 e. The highest BCUT2D eigenvalue weighted by atomic mass is 16.2. The van der Waals surface area contributed by atoms with E-state index < -0.39 is 0 Å². The summed E-state index contributed by atoms with van der Waals surface area (Å²) in [6, 6.07) is 1.95. The first-order valence-electron chi connectivity index (χ1n) is 5.02. The van der Waals surface area contributed by atoms with E-state index in [9.17, 15) is 4.79 Å². The number of nitrogens with one attached hydrogen (secondary N) is 1. The van der Waals surface area contributed by atoms with Crippen LogP contribution in [0.3, 0.4) is 0 Å². The normalized spacial score (nSPS) is 14.1. The number of hydrogen-bond donors (Lipinski definition) is 1. The Bertz CT molecular complexity index is 257. The average Bonchev–Trinajstić information content (AvgIpc) is 2.24. The molecule has 1 N–H and O–H groups in total. The Hall–Kier alpha value is -1.34. The maximum atomic E-state index is 11.6. The van der Waals surface area contributed by atoms with Gasteiger partial charge in [-0.05, 0) is 20.9 Å². The van der Waals surface area contributed by atoms with Gasteiger partial charge in [-0.3, -0.25) is 9.69 Å². The van der Waals surface area contributed by atoms with Gasteiger partial charge < -0.3 is 5.32 Å². The van der Waals surface area contributed by atoms with Gasteiger partial charge in [0, 0.05) is 12.6 Å². The van der Waals surface area contributed by atoms with Crippen LogP contribution in [0.2, 0.25) is 0 Å². The molecule has 0 saturated heterocycles. The quantitative estimate of drug-likeness (QED) is 0.662. The number of carbonyl (C=O) groups is 1. The molecule has 0 heterocycles. The first kappa shape index (κ1) is 13.7. The summed E-state index contributed by atoms with van der Waals surface area (Å²) in [7, 11) is 1.85. The minimum atomic E-state index is -0.228. The van der Waals surface area contributed by atoms with Crippen LogP contribution < -0.4 is 5.32 Å². The highest BCUT2D eigenvalue weighted by Gasteiger charge is 2.21. The van der Waals surface area contributed by atoms with Crippen LogP contribution in [-0.2, 0) is 4.79 Å². The molecule has 4 nitrogen and oxygen atoms in total. The van der Waals surface area contributed by atoms with Crippen molar-refractivity contribution in [2.75, 3.05) is 13.6 Å². The van der Waals surface area contributed by atoms with Gasteiger partial charge in [0.1, 0.15) is 0 Å². The number of amides is 1. The molecule has 2 unspecified atom stereocenters. The van der Waals surface area contributed by atoms with Crippen LogP contribution in [0.15, 0.2) is 12.7 Å². The molecular formula is C11H19N3O. The molecule has 15 heavy (non-hydrogen) atoms. The lowest BCUT2D eigenvalue weighted by atomic mass is 10.1. The topological polar surface area (TPSA) is 56.1 Å². The third kappa shape index (κ3) is 4.61. The van der Waals surface area contributed by atoms with Crippen LogP contribution >= 0.6 is 0 Å². The van der Waals surface area contributed by atoms with Crippen LogP contribution in [0.4, 0.5) is 0 Å². The fourth-order valence-corrected chi connectivity index (χ4v) is 1.16. The summed E-state index contributed by atoms with van der Waals surface area (Å²) in [6.45, 7) is 7.76. The molecule has 0 saturated carbocycles. The van der Waals surface area contributed by atoms with E-state index in [1.807, 2.05) is 25.8 Å². The van der Waals surface area contributed by atoms with E-state index in [-0.39, 0.29) is 18.0 Å². The second-order valence-electron chi connectivity index (χ2n) is 3.59. The van der Waals surface area contributed by atoms with Crippen molar-refractivity contribution in [3.05, 3.63) is 12.7 Å². The Morgan fingerprint density at radius 2 is 2.27 bits per heavy atom. The van der Waals surface area contributed by atoms with Crippen LogP contribution in [0.5, 0.6) is 0 Å². The van der Waals surface area contributed by atoms with Crippen molar-refractivity contribution >= 4 is 5.91 Å². The monoisotopic (exact) mass is 209 g/mol. The number of nitrogens with zero attached hydrogens (tertiary/aromatic N) is 2. The predicted molar refractivity (Wildman–Crippen MR) is 60.1 cm³/mol. The van der Waals surface area contributed by atoms with Gasteiger partial charge in [0.2, 0.25) is 5.91 Å². The summed E-state index contributed by atoms with van der Waals surface area (Å²) in [5.74, 6) is -0.0396. The number of rotatable bonds is 6. The van der Waals surface area contributed by atoms with E-state index >= 15 is 0 Å². The third-order valence-electron chi connectivity index (χ3n) is 2.49. The third-order valence-corrected chi connectivity index (χ3v) is 2.49. The van der Waals surface area contributed by atoms with Gasteiger partial charge in [-0.2, -0.15) is 5.26 Å². The zero-order chi connectivity index (χ0) is 11.8. The molecule has 0 aliphatic rings. The van der Waals surface area contributed by atoms with Crippen LogP contribution in [0.25, 0.3) is 0 Å². The summed E-state index contributed by atoms with van der Waals surface area (Å²) >= 11 is 0. The second-order valence-corrected chi connectivity index (χ2v) is 3.59. The lowest BCUT2D eigenvalue weighted by Crippen LogP contribution is -2.46. The largest absolute Gasteiger partial charge is 0.351 e. The SMILES string of the molecule is C=CCNC(=O)C(C)N(C)C(C)CC#N. The number of carbonyl (C=O) groups excluding carboxylic acids is 1. The van der Waals surface area contributed by atoms with Crippen molar-refractivity contribution < 1.29 is 4.79 Å². The van der Waals surface area contributed by atoms with Crippen molar-refractivity contribution in [3.63, 3.8) is 0 Å². The molecule has 0 aliphatic carbocycles. The standard InChI is InChI=1S/C11H19N3O/c1-5-8-13-11(15)10(3)14(4)9(2)6-7-12/h5,9-10H,1,6,8H2,2-4H3,(H,13,15). The van der Waals surface area contributed by atoms with Gasteiger partial charge in [-0.25, -0.2) is 0 Å². The van der Waals surface area contributed by atoms with Crippen LogP contribution in [0, 0.1) is 11.3 Å². The summed E-state index contributed by atoms with van der Waals surface area (Å²) in [5, 5.41) is 11.3. The van der Waals surface area contributed by atoms with Gasteiger partial charge in [0.05, 0.1) is 18.5 Å². The van der Waals surface area contributed by atoms with Gasteiger partial charge in [-0.1, -0.05) is 6.08 Å². The van der Waals surface area contributed by atoms with Crippen LogP contribution in [0.1, 0.15) is 20.3 Å². The zero-order valence-electron chi connectivity index (χ0n) is 9.66. The molecular weight excluding hydrogens is 190 g/mol. The summed E-state index contributed by atoms with van der Waals surface area (Å²) in [6.07, 6.45) is 2.07. The first-order chi connectivity index (χ1) is 7.04. The van der Waals surface area contributed by atoms with Crippen molar-refractivity contribution in [3.8, 4) is 6.07 Å². The van der Waals surface area contributed by atoms with Crippen molar-refractivity contribution in [1.29, 1.82) is 5.26 Å². The lowest BCUT2D eigenvalue weighted by Gasteiger charge is -2.28. The minimum absolute atomic E-state index is 0.0396. The Morgan fingerprint density at radius 1 is 1.67 bits per heavy atom. The van der Waals surface area contributed by atoms with Gasteiger partial charge in [0.15, 0.2) is 0 Å². The zero-order valence-corrected chi connectivity index (χ0v) is 9.66. The molecule has 1 amide bonds. The number of likely N-dealkylation sites (N-methyl/N-ethyl adjacent to an activating group) is 1. The van der Waals surface area contributed by atoms with E-state index in [4.69, 9.17) is 5.26 Å². The molecule has 0 fully saturated rings. The second kappa shape index (κ2) is 7.02. The van der Waals surface area contributed by atoms with Gasteiger partial charge in [-0.15, -0.1) is 6.58 Å². The molecule has 0 rings (SSSR count). The molecule has 0 spiro atoms. The van der Waals surface area contributed by atoms with E-state index in [0.717, 1.165) is 0 Å². The Morgan fingerprint density at radius 3 is 2.73 bits per heavy atom. The first-order valence-corrected chi connectivity index (χ1v) is 5.02. The molecule has 0 radical (unpaired) electrons. The molecule has 84 valence electrons. The molecule has 0 aromatic heterocycles. The van der Waals surface area contributed by atoms with Crippen molar-refractivity contribution in [1.82, 2.24) is 10.2 Å². The van der Waals surface area contributed by atoms with E-state index in [0.29, 0.717) is 13.0 Å². The molecule has 0 aromatic rings. The average molecular weight is 209 g/mol. The summed E-state index contributed by atoms with van der Waals surface area (Å²) in [4.78, 5) is 13.5. The fourth-order valence-electron chi connectivity index (χ4n) is 1.16. The Labute approximate surface area is 91.6 Å². The van der Waals surface area contributed by atoms with Crippen molar-refractivity contribution in [2.45, 2.75) is 32.4 Å². The highest BCUT2D eigenvalue weighted by molar-refractivity contribution is 5.81. The maximum Gasteiger partial charge on any atom is 0.237 e. The Kier molecular flexibility index (Phi) is 6.39. The molecule has 0 aromatic carbocycles. The van der Waals surface area contributed by atoms with Crippen LogP contribution in [-0.4, -0.2) is 36.5 Å². The van der Waals surface area contributed by atoms with E-state index in [2.05, 4.69) is 18.0 Å². The van der Waals surface area contributed by atoms with Gasteiger partial charge in [0.25, 0.3) is 0 Å². The molecule has 4 heteroatoms. The maximum absolute atomic E-state index is 11.6. The summed E-state index contributed by atoms with van der Waals surface area (Å²) in [5.41, 5.74) is 0. The Balaban J connectivity index is 4.18. The predicted octanol–water partition coefficient (Wildman–Crippen LogP) is 0.911. The summed E-state index contributed by atoms with van der Waals surface area (Å²) < 4.78 is 0. The fraction of sp³-hybridized carbons (Fsp3) is 0.636. The lowest BCUT2D eigenvalue weighted by molar-refractivity contribution is -0.125. The van der Waals surface area contributed by atoms with E-state index in [1.165, 1.54) is 0 Å². The molecule has 0 bridgehead atoms. The van der Waals surface area contributed by atoms with E-state index in [1.54, 1.807) is 6.08 Å².